The van der Waals surface area contributed by atoms with Gasteiger partial charge in [0.15, 0.2) is 10.2 Å². The molecule has 6 heteroatoms. The highest BCUT2D eigenvalue weighted by atomic mass is 35.5. The molecule has 0 fully saturated rings. The molecule has 0 aromatic heterocycles. The van der Waals surface area contributed by atoms with Crippen LogP contribution < -0.4 is 4.90 Å². The van der Waals surface area contributed by atoms with Crippen LogP contribution in [0.5, 0.6) is 0 Å². The van der Waals surface area contributed by atoms with E-state index < -0.39 is 0 Å². The van der Waals surface area contributed by atoms with Crippen LogP contribution in [-0.4, -0.2) is 48.2 Å². The largest absolute Gasteiger partial charge is 0.355 e. The second kappa shape index (κ2) is 6.31. The monoisotopic (exact) mass is 301 g/mol. The molecule has 1 aromatic rings. The first kappa shape index (κ1) is 15.1. The van der Waals surface area contributed by atoms with Crippen LogP contribution in [0.1, 0.15) is 0 Å². The zero-order chi connectivity index (χ0) is 13.9. The summed E-state index contributed by atoms with van der Waals surface area (Å²) in [6.45, 7) is 0. The molecule has 1 aromatic carbocycles. The van der Waals surface area contributed by atoms with E-state index in [9.17, 15) is 0 Å². The summed E-state index contributed by atoms with van der Waals surface area (Å²) in [6.07, 6.45) is 0. The normalized spacial score (nSPS) is 9.83. The van der Waals surface area contributed by atoms with Gasteiger partial charge in [-0.1, -0.05) is 23.7 Å². The van der Waals surface area contributed by atoms with Gasteiger partial charge in [-0.3, -0.25) is 4.90 Å². The third-order valence-corrected chi connectivity index (χ3v) is 3.66. The second-order valence-electron chi connectivity index (χ2n) is 4.14. The second-order valence-corrected chi connectivity index (χ2v) is 5.28. The summed E-state index contributed by atoms with van der Waals surface area (Å²) in [5, 5.41) is 1.81. The number of halogens is 1. The van der Waals surface area contributed by atoms with Crippen LogP contribution in [0.3, 0.4) is 0 Å². The van der Waals surface area contributed by atoms with E-state index >= 15 is 0 Å². The highest BCUT2D eigenvalue weighted by molar-refractivity contribution is 7.82. The van der Waals surface area contributed by atoms with Gasteiger partial charge in [0, 0.05) is 28.2 Å². The van der Waals surface area contributed by atoms with Crippen LogP contribution >= 0.6 is 36.0 Å². The van der Waals surface area contributed by atoms with Gasteiger partial charge in [0.25, 0.3) is 0 Å². The average Bonchev–Trinajstić information content (AvgIpc) is 2.31. The highest BCUT2D eigenvalue weighted by Gasteiger charge is 2.21. The van der Waals surface area contributed by atoms with Gasteiger partial charge in [-0.2, -0.15) is 0 Å². The number of para-hydroxylation sites is 1. The third kappa shape index (κ3) is 3.31. The summed E-state index contributed by atoms with van der Waals surface area (Å²) in [5.74, 6) is 0. The van der Waals surface area contributed by atoms with Gasteiger partial charge in [0.2, 0.25) is 0 Å². The van der Waals surface area contributed by atoms with E-state index in [1.165, 1.54) is 0 Å². The molecule has 0 amide bonds. The lowest BCUT2D eigenvalue weighted by Crippen LogP contribution is -2.47. The minimum Gasteiger partial charge on any atom is -0.355 e. The SMILES string of the molecule is CN(C)C(=S)N(C(=S)N(C)C)c1ccccc1Cl. The Balaban J connectivity index is 3.26. The lowest BCUT2D eigenvalue weighted by atomic mass is 10.3. The van der Waals surface area contributed by atoms with Crippen molar-refractivity contribution in [3.8, 4) is 0 Å². The van der Waals surface area contributed by atoms with Crippen LogP contribution in [0.15, 0.2) is 24.3 Å². The van der Waals surface area contributed by atoms with Crippen LogP contribution in [0, 0.1) is 0 Å². The molecule has 0 radical (unpaired) electrons. The third-order valence-electron chi connectivity index (χ3n) is 2.24. The van der Waals surface area contributed by atoms with E-state index in [1.54, 1.807) is 4.90 Å². The Bertz CT molecular complexity index is 440. The first-order valence-corrected chi connectivity index (χ1v) is 6.53. The molecule has 0 saturated heterocycles. The number of anilines is 1. The van der Waals surface area contributed by atoms with Crippen molar-refractivity contribution in [2.45, 2.75) is 0 Å². The zero-order valence-electron chi connectivity index (χ0n) is 10.8. The van der Waals surface area contributed by atoms with Crippen molar-refractivity contribution in [2.75, 3.05) is 33.1 Å². The summed E-state index contributed by atoms with van der Waals surface area (Å²) in [4.78, 5) is 5.44. The molecule has 0 N–H and O–H groups in total. The van der Waals surface area contributed by atoms with Crippen molar-refractivity contribution in [1.82, 2.24) is 9.80 Å². The fourth-order valence-electron chi connectivity index (χ4n) is 1.32. The van der Waals surface area contributed by atoms with E-state index in [0.29, 0.717) is 15.2 Å². The lowest BCUT2D eigenvalue weighted by molar-refractivity contribution is 0.603. The smallest absolute Gasteiger partial charge is 0.182 e. The predicted molar refractivity (Wildman–Crippen MR) is 86.5 cm³/mol. The van der Waals surface area contributed by atoms with Gasteiger partial charge in [-0.15, -0.1) is 0 Å². The molecule has 0 heterocycles. The Kier molecular flexibility index (Phi) is 5.31. The minimum absolute atomic E-state index is 0.599. The lowest BCUT2D eigenvalue weighted by Gasteiger charge is -2.32. The van der Waals surface area contributed by atoms with Crippen molar-refractivity contribution in [3.05, 3.63) is 29.3 Å². The quantitative estimate of drug-likeness (QED) is 0.736. The van der Waals surface area contributed by atoms with Gasteiger partial charge >= 0.3 is 0 Å². The van der Waals surface area contributed by atoms with Crippen LogP contribution in [0.25, 0.3) is 0 Å². The first-order valence-electron chi connectivity index (χ1n) is 5.33. The van der Waals surface area contributed by atoms with Crippen molar-refractivity contribution < 1.29 is 0 Å². The predicted octanol–water partition coefficient (Wildman–Crippen LogP) is 2.84. The Morgan fingerprint density at radius 2 is 1.39 bits per heavy atom. The van der Waals surface area contributed by atoms with E-state index in [2.05, 4.69) is 0 Å². The van der Waals surface area contributed by atoms with E-state index in [0.717, 1.165) is 5.69 Å². The molecule has 0 atom stereocenters. The number of nitrogens with zero attached hydrogens (tertiary/aromatic N) is 3. The number of hydrogen-bond acceptors (Lipinski definition) is 2. The number of hydrogen-bond donors (Lipinski definition) is 0. The van der Waals surface area contributed by atoms with Gasteiger partial charge in [0.1, 0.15) is 0 Å². The van der Waals surface area contributed by atoms with Gasteiger partial charge in [0.05, 0.1) is 10.7 Å². The van der Waals surface area contributed by atoms with Crippen LogP contribution in [-0.2, 0) is 0 Å². The summed E-state index contributed by atoms with van der Waals surface area (Å²) < 4.78 is 0. The molecule has 18 heavy (non-hydrogen) atoms. The number of thiocarbonyl (C=S) groups is 2. The Labute approximate surface area is 124 Å². The fourth-order valence-corrected chi connectivity index (χ4v) is 1.97. The molecule has 0 saturated carbocycles. The summed E-state index contributed by atoms with van der Waals surface area (Å²) >= 11 is 17.0. The van der Waals surface area contributed by atoms with Crippen molar-refractivity contribution in [3.63, 3.8) is 0 Å². The molecule has 98 valence electrons. The Hall–Kier alpha value is -0.910. The fraction of sp³-hybridized carbons (Fsp3) is 0.333. The molecule has 0 aliphatic heterocycles. The highest BCUT2D eigenvalue weighted by Crippen LogP contribution is 2.26. The van der Waals surface area contributed by atoms with Gasteiger partial charge in [-0.25, -0.2) is 0 Å². The topological polar surface area (TPSA) is 9.72 Å². The van der Waals surface area contributed by atoms with Crippen molar-refractivity contribution in [1.29, 1.82) is 0 Å². The molecule has 0 bridgehead atoms. The minimum atomic E-state index is 0.599. The van der Waals surface area contributed by atoms with Crippen molar-refractivity contribution >= 4 is 51.9 Å². The molecule has 0 aliphatic carbocycles. The Morgan fingerprint density at radius 3 is 1.78 bits per heavy atom. The molecule has 0 spiro atoms. The summed E-state index contributed by atoms with van der Waals surface area (Å²) in [6, 6.07) is 7.50. The molecule has 3 nitrogen and oxygen atoms in total. The van der Waals surface area contributed by atoms with Crippen LogP contribution in [0.2, 0.25) is 5.02 Å². The molecular formula is C12H16ClN3S2. The summed E-state index contributed by atoms with van der Waals surface area (Å²) in [5.41, 5.74) is 0.788. The van der Waals surface area contributed by atoms with Crippen LogP contribution in [0.4, 0.5) is 5.69 Å². The van der Waals surface area contributed by atoms with Gasteiger partial charge < -0.3 is 9.80 Å². The van der Waals surface area contributed by atoms with Gasteiger partial charge in [-0.05, 0) is 36.6 Å². The molecule has 0 aliphatic rings. The maximum atomic E-state index is 6.22. The molecule has 1 rings (SSSR count). The maximum Gasteiger partial charge on any atom is 0.182 e. The van der Waals surface area contributed by atoms with E-state index in [1.807, 2.05) is 62.3 Å². The molecular weight excluding hydrogens is 286 g/mol. The standard InChI is InChI=1S/C12H16ClN3S2/c1-14(2)11(17)16(12(18)15(3)4)10-8-6-5-7-9(10)13/h5-8H,1-4H3. The number of benzene rings is 1. The average molecular weight is 302 g/mol. The Morgan fingerprint density at radius 1 is 0.944 bits per heavy atom. The number of rotatable bonds is 1. The van der Waals surface area contributed by atoms with Crippen molar-refractivity contribution in [2.24, 2.45) is 0 Å². The zero-order valence-corrected chi connectivity index (χ0v) is 13.2. The summed E-state index contributed by atoms with van der Waals surface area (Å²) in [7, 11) is 7.52. The maximum absolute atomic E-state index is 6.22. The van der Waals surface area contributed by atoms with E-state index in [-0.39, 0.29) is 0 Å². The van der Waals surface area contributed by atoms with E-state index in [4.69, 9.17) is 36.0 Å². The molecule has 0 unspecified atom stereocenters. The first-order chi connectivity index (χ1) is 8.36.